The number of ether oxygens (including phenoxy) is 1. The Morgan fingerprint density at radius 1 is 1.07 bits per heavy atom. The van der Waals surface area contributed by atoms with Crippen LogP contribution in [-0.4, -0.2) is 80.4 Å². The minimum Gasteiger partial charge on any atom is -0.394 e. The Balaban J connectivity index is 2.05. The van der Waals surface area contributed by atoms with Crippen LogP contribution < -0.4 is 5.32 Å². The molecule has 1 aromatic rings. The van der Waals surface area contributed by atoms with Gasteiger partial charge in [0, 0.05) is 0 Å². The van der Waals surface area contributed by atoms with Crippen LogP contribution in [0.4, 0.5) is 4.79 Å². The molecule has 2 heterocycles. The second kappa shape index (κ2) is 7.57. The van der Waals surface area contributed by atoms with Gasteiger partial charge in [0.25, 0.3) is 5.91 Å². The summed E-state index contributed by atoms with van der Waals surface area (Å²) in [5.74, 6) is -1.74. The highest BCUT2D eigenvalue weighted by molar-refractivity contribution is 6.23. The largest absolute Gasteiger partial charge is 0.394 e. The number of nitrogens with one attached hydrogen (secondary N) is 1. The van der Waals surface area contributed by atoms with Crippen molar-refractivity contribution < 1.29 is 39.5 Å². The molecule has 0 unspecified atom stereocenters. The third-order valence-corrected chi connectivity index (χ3v) is 5.33. The van der Waals surface area contributed by atoms with Gasteiger partial charge in [-0.1, -0.05) is 37.3 Å². The molecule has 152 valence electrons. The zero-order valence-corrected chi connectivity index (χ0v) is 15.1. The van der Waals surface area contributed by atoms with Crippen LogP contribution >= 0.6 is 0 Å². The first kappa shape index (κ1) is 20.4. The monoisotopic (exact) mass is 394 g/mol. The fraction of sp³-hybridized carbons (Fsp3) is 0.500. The van der Waals surface area contributed by atoms with Crippen molar-refractivity contribution in [1.82, 2.24) is 10.2 Å². The molecule has 4 amide bonds. The summed E-state index contributed by atoms with van der Waals surface area (Å²) in [7, 11) is 0. The third kappa shape index (κ3) is 2.90. The molecule has 2 fully saturated rings. The Bertz CT molecular complexity index is 770. The topological polar surface area (TPSA) is 157 Å². The van der Waals surface area contributed by atoms with Crippen molar-refractivity contribution in [2.75, 3.05) is 6.61 Å². The second-order valence-electron chi connectivity index (χ2n) is 6.78. The van der Waals surface area contributed by atoms with E-state index >= 15 is 0 Å². The maximum atomic E-state index is 13.4. The SMILES string of the molecule is CC[C@]1(c2ccccc2)C(=O)NC(=O)N([C@@H]2O[C@H](CO)[C@@H](O)[C@H](O)[C@H]2O)C1=O. The molecule has 2 aliphatic heterocycles. The van der Waals surface area contributed by atoms with E-state index in [1.807, 2.05) is 0 Å². The summed E-state index contributed by atoms with van der Waals surface area (Å²) >= 11 is 0. The van der Waals surface area contributed by atoms with Gasteiger partial charge >= 0.3 is 6.03 Å². The molecule has 0 spiro atoms. The molecule has 0 saturated carbocycles. The molecule has 0 bridgehead atoms. The number of aliphatic hydroxyl groups is 4. The van der Waals surface area contributed by atoms with Crippen LogP contribution in [0.2, 0.25) is 0 Å². The minimum absolute atomic E-state index is 0.0167. The molecular weight excluding hydrogens is 372 g/mol. The van der Waals surface area contributed by atoms with Crippen molar-refractivity contribution in [2.45, 2.75) is 49.4 Å². The van der Waals surface area contributed by atoms with Gasteiger partial charge in [0.05, 0.1) is 6.61 Å². The van der Waals surface area contributed by atoms with Crippen LogP contribution in [0.3, 0.4) is 0 Å². The van der Waals surface area contributed by atoms with E-state index in [1.54, 1.807) is 37.3 Å². The van der Waals surface area contributed by atoms with E-state index in [9.17, 15) is 34.8 Å². The number of carbonyl (C=O) groups is 3. The van der Waals surface area contributed by atoms with Crippen molar-refractivity contribution in [1.29, 1.82) is 0 Å². The maximum Gasteiger partial charge on any atom is 0.333 e. The van der Waals surface area contributed by atoms with Crippen LogP contribution in [0.25, 0.3) is 0 Å². The molecule has 10 heteroatoms. The normalized spacial score (nSPS) is 36.4. The summed E-state index contributed by atoms with van der Waals surface area (Å²) in [4.78, 5) is 39.1. The van der Waals surface area contributed by atoms with Gasteiger partial charge in [0.1, 0.15) is 24.4 Å². The van der Waals surface area contributed by atoms with E-state index in [0.29, 0.717) is 10.5 Å². The van der Waals surface area contributed by atoms with Gasteiger partial charge in [-0.15, -0.1) is 0 Å². The average Bonchev–Trinajstić information content (AvgIpc) is 2.69. The molecule has 5 N–H and O–H groups in total. The zero-order chi connectivity index (χ0) is 20.6. The van der Waals surface area contributed by atoms with Crippen molar-refractivity contribution in [3.63, 3.8) is 0 Å². The summed E-state index contributed by atoms with van der Waals surface area (Å²) in [5.41, 5.74) is -1.39. The average molecular weight is 394 g/mol. The van der Waals surface area contributed by atoms with Gasteiger partial charge in [0.15, 0.2) is 11.6 Å². The standard InChI is InChI=1S/C18H22N2O8/c1-2-18(9-6-4-3-5-7-9)15(25)19-17(27)20(16(18)26)14-13(24)12(23)11(22)10(8-21)28-14/h3-7,10-14,21-24H,2,8H2,1H3,(H,19,25,27)/t10-,11-,12+,13-,14-,18+/m1/s1. The van der Waals surface area contributed by atoms with E-state index in [1.165, 1.54) is 0 Å². The van der Waals surface area contributed by atoms with E-state index < -0.39 is 60.5 Å². The number of hydrogen-bond acceptors (Lipinski definition) is 8. The Morgan fingerprint density at radius 3 is 2.29 bits per heavy atom. The maximum absolute atomic E-state index is 13.4. The zero-order valence-electron chi connectivity index (χ0n) is 15.1. The minimum atomic E-state index is -1.84. The van der Waals surface area contributed by atoms with Crippen molar-refractivity contribution in [3.05, 3.63) is 35.9 Å². The summed E-state index contributed by atoms with van der Waals surface area (Å²) in [6, 6.07) is 7.01. The number of amides is 4. The predicted octanol–water partition coefficient (Wildman–Crippen LogP) is -1.79. The van der Waals surface area contributed by atoms with Gasteiger partial charge in [-0.05, 0) is 12.0 Å². The fourth-order valence-corrected chi connectivity index (χ4v) is 3.68. The van der Waals surface area contributed by atoms with Crippen LogP contribution in [0, 0.1) is 0 Å². The Hall–Kier alpha value is -2.37. The van der Waals surface area contributed by atoms with Gasteiger partial charge in [-0.2, -0.15) is 0 Å². The smallest absolute Gasteiger partial charge is 0.333 e. The van der Waals surface area contributed by atoms with Crippen LogP contribution in [0.1, 0.15) is 18.9 Å². The van der Waals surface area contributed by atoms with Gasteiger partial charge in [-0.3, -0.25) is 14.9 Å². The first-order valence-corrected chi connectivity index (χ1v) is 8.84. The van der Waals surface area contributed by atoms with Crippen molar-refractivity contribution >= 4 is 17.8 Å². The number of rotatable bonds is 4. The Morgan fingerprint density at radius 2 is 1.71 bits per heavy atom. The molecule has 2 aliphatic rings. The van der Waals surface area contributed by atoms with Crippen molar-refractivity contribution in [2.24, 2.45) is 0 Å². The molecule has 3 rings (SSSR count). The van der Waals surface area contributed by atoms with Gasteiger partial charge in [0.2, 0.25) is 5.91 Å². The quantitative estimate of drug-likeness (QED) is 0.375. The molecule has 1 aromatic carbocycles. The lowest BCUT2D eigenvalue weighted by Gasteiger charge is -2.47. The van der Waals surface area contributed by atoms with Gasteiger partial charge < -0.3 is 25.2 Å². The lowest BCUT2D eigenvalue weighted by Crippen LogP contribution is -2.73. The number of carbonyl (C=O) groups excluding carboxylic acids is 3. The highest BCUT2D eigenvalue weighted by Crippen LogP contribution is 2.36. The van der Waals surface area contributed by atoms with E-state index in [4.69, 9.17) is 4.74 Å². The number of imide groups is 2. The lowest BCUT2D eigenvalue weighted by molar-refractivity contribution is -0.256. The predicted molar refractivity (Wildman–Crippen MR) is 92.6 cm³/mol. The lowest BCUT2D eigenvalue weighted by atomic mass is 9.74. The number of hydrogen-bond donors (Lipinski definition) is 5. The van der Waals surface area contributed by atoms with Crippen LogP contribution in [0.15, 0.2) is 30.3 Å². The molecule has 28 heavy (non-hydrogen) atoms. The van der Waals surface area contributed by atoms with E-state index in [0.717, 1.165) is 0 Å². The van der Waals surface area contributed by atoms with Crippen LogP contribution in [-0.2, 0) is 19.7 Å². The molecule has 0 aliphatic carbocycles. The first-order valence-electron chi connectivity index (χ1n) is 8.84. The number of aliphatic hydroxyl groups excluding tert-OH is 4. The first-order chi connectivity index (χ1) is 13.3. The summed E-state index contributed by atoms with van der Waals surface area (Å²) in [6.07, 6.45) is -8.26. The molecule has 6 atom stereocenters. The van der Waals surface area contributed by atoms with E-state index in [-0.39, 0.29) is 6.42 Å². The highest BCUT2D eigenvalue weighted by Gasteiger charge is 2.58. The molecule has 0 aromatic heterocycles. The molecular formula is C18H22N2O8. The number of urea groups is 1. The second-order valence-corrected chi connectivity index (χ2v) is 6.78. The summed E-state index contributed by atoms with van der Waals surface area (Å²) in [6.45, 7) is 0.882. The van der Waals surface area contributed by atoms with E-state index in [2.05, 4.69) is 5.32 Å². The third-order valence-electron chi connectivity index (χ3n) is 5.33. The summed E-state index contributed by atoms with van der Waals surface area (Å²) in [5, 5.41) is 41.7. The fourth-order valence-electron chi connectivity index (χ4n) is 3.68. The number of benzene rings is 1. The Kier molecular flexibility index (Phi) is 5.50. The van der Waals surface area contributed by atoms with Gasteiger partial charge in [-0.25, -0.2) is 9.69 Å². The van der Waals surface area contributed by atoms with Crippen LogP contribution in [0.5, 0.6) is 0 Å². The number of barbiturate groups is 1. The summed E-state index contributed by atoms with van der Waals surface area (Å²) < 4.78 is 5.34. The number of nitrogens with zero attached hydrogens (tertiary/aromatic N) is 1. The Labute approximate surface area is 160 Å². The molecule has 10 nitrogen and oxygen atoms in total. The molecule has 0 radical (unpaired) electrons. The molecule has 2 saturated heterocycles. The highest BCUT2D eigenvalue weighted by atomic mass is 16.6. The van der Waals surface area contributed by atoms with Crippen molar-refractivity contribution in [3.8, 4) is 0 Å².